The Bertz CT molecular complexity index is 114. The summed E-state index contributed by atoms with van der Waals surface area (Å²) in [5.41, 5.74) is 0.661. The number of rotatable bonds is 1. The minimum atomic E-state index is 0.444. The monoisotopic (exact) mass is 126 g/mol. The molecular formula is C8H14O. The molecule has 2 saturated carbocycles. The maximum absolute atomic E-state index is 8.83. The van der Waals surface area contributed by atoms with Gasteiger partial charge in [-0.2, -0.15) is 0 Å². The lowest BCUT2D eigenvalue weighted by atomic mass is 10.0. The van der Waals surface area contributed by atoms with Gasteiger partial charge in [-0.25, -0.2) is 0 Å². The van der Waals surface area contributed by atoms with E-state index in [4.69, 9.17) is 5.11 Å². The highest BCUT2D eigenvalue weighted by Gasteiger charge is 2.54. The van der Waals surface area contributed by atoms with Gasteiger partial charge in [-0.1, -0.05) is 12.8 Å². The van der Waals surface area contributed by atoms with Gasteiger partial charge in [0, 0.05) is 6.61 Å². The molecule has 0 aromatic rings. The van der Waals surface area contributed by atoms with Crippen LogP contribution in [0.15, 0.2) is 0 Å². The summed E-state index contributed by atoms with van der Waals surface area (Å²) in [6, 6.07) is 0. The van der Waals surface area contributed by atoms with E-state index in [2.05, 4.69) is 0 Å². The predicted molar refractivity (Wildman–Crippen MR) is 36.1 cm³/mol. The summed E-state index contributed by atoms with van der Waals surface area (Å²) >= 11 is 0. The first-order chi connectivity index (χ1) is 4.37. The molecule has 1 atom stereocenters. The van der Waals surface area contributed by atoms with Crippen molar-refractivity contribution in [2.45, 2.75) is 32.1 Å². The van der Waals surface area contributed by atoms with Gasteiger partial charge in [0.05, 0.1) is 0 Å². The molecule has 0 aliphatic heterocycles. The lowest BCUT2D eigenvalue weighted by Crippen LogP contribution is -1.99. The van der Waals surface area contributed by atoms with Crippen molar-refractivity contribution in [3.05, 3.63) is 0 Å². The van der Waals surface area contributed by atoms with E-state index in [9.17, 15) is 0 Å². The van der Waals surface area contributed by atoms with E-state index in [0.29, 0.717) is 17.9 Å². The molecule has 0 bridgehead atoms. The number of hydrogen-bond donors (Lipinski definition) is 1. The quantitative estimate of drug-likeness (QED) is 0.565. The molecule has 0 heterocycles. The van der Waals surface area contributed by atoms with Crippen LogP contribution in [0.2, 0.25) is 0 Å². The van der Waals surface area contributed by atoms with Crippen molar-refractivity contribution in [1.29, 1.82) is 0 Å². The summed E-state index contributed by atoms with van der Waals surface area (Å²) in [7, 11) is 0. The molecule has 52 valence electrons. The summed E-state index contributed by atoms with van der Waals surface area (Å²) in [5.74, 6) is 0.694. The molecule has 0 aromatic carbocycles. The van der Waals surface area contributed by atoms with E-state index in [0.717, 1.165) is 0 Å². The van der Waals surface area contributed by atoms with Crippen molar-refractivity contribution in [2.75, 3.05) is 6.61 Å². The first-order valence-electron chi connectivity index (χ1n) is 3.98. The summed E-state index contributed by atoms with van der Waals surface area (Å²) in [6.07, 6.45) is 6.95. The molecular weight excluding hydrogens is 112 g/mol. The second kappa shape index (κ2) is 1.72. The molecule has 9 heavy (non-hydrogen) atoms. The van der Waals surface area contributed by atoms with Crippen molar-refractivity contribution in [3.8, 4) is 0 Å². The smallest absolute Gasteiger partial charge is 0.0464 e. The van der Waals surface area contributed by atoms with Crippen LogP contribution in [-0.4, -0.2) is 11.7 Å². The van der Waals surface area contributed by atoms with Gasteiger partial charge >= 0.3 is 0 Å². The molecule has 1 spiro atoms. The minimum Gasteiger partial charge on any atom is -0.396 e. The van der Waals surface area contributed by atoms with Gasteiger partial charge in [0.15, 0.2) is 0 Å². The first-order valence-corrected chi connectivity index (χ1v) is 3.98. The van der Waals surface area contributed by atoms with Gasteiger partial charge in [0.2, 0.25) is 0 Å². The van der Waals surface area contributed by atoms with Crippen LogP contribution in [-0.2, 0) is 0 Å². The first kappa shape index (κ1) is 5.72. The average Bonchev–Trinajstić information content (AvgIpc) is 2.30. The van der Waals surface area contributed by atoms with Gasteiger partial charge in [-0.05, 0) is 30.6 Å². The fourth-order valence-electron chi connectivity index (χ4n) is 2.38. The lowest BCUT2D eigenvalue weighted by Gasteiger charge is -2.03. The SMILES string of the molecule is OC[C@H]1CC12CCCC2. The third-order valence-corrected chi connectivity index (χ3v) is 3.18. The summed E-state index contributed by atoms with van der Waals surface area (Å²) < 4.78 is 0. The molecule has 2 aliphatic rings. The van der Waals surface area contributed by atoms with Crippen LogP contribution in [0.25, 0.3) is 0 Å². The molecule has 1 N–H and O–H groups in total. The van der Waals surface area contributed by atoms with Crippen molar-refractivity contribution < 1.29 is 5.11 Å². The molecule has 0 radical (unpaired) electrons. The number of aliphatic hydroxyl groups is 1. The fraction of sp³-hybridized carbons (Fsp3) is 1.00. The van der Waals surface area contributed by atoms with Gasteiger partial charge in [0.25, 0.3) is 0 Å². The van der Waals surface area contributed by atoms with Crippen LogP contribution in [0.3, 0.4) is 0 Å². The lowest BCUT2D eigenvalue weighted by molar-refractivity contribution is 0.249. The van der Waals surface area contributed by atoms with Crippen LogP contribution in [0, 0.1) is 11.3 Å². The second-order valence-electron chi connectivity index (χ2n) is 3.65. The molecule has 2 fully saturated rings. The number of aliphatic hydroxyl groups excluding tert-OH is 1. The summed E-state index contributed by atoms with van der Waals surface area (Å²) in [4.78, 5) is 0. The predicted octanol–water partition coefficient (Wildman–Crippen LogP) is 1.56. The Hall–Kier alpha value is -0.0400. The average molecular weight is 126 g/mol. The third kappa shape index (κ3) is 0.710. The molecule has 1 heteroatoms. The topological polar surface area (TPSA) is 20.2 Å². The Morgan fingerprint density at radius 3 is 2.44 bits per heavy atom. The van der Waals surface area contributed by atoms with E-state index in [1.165, 1.54) is 32.1 Å². The van der Waals surface area contributed by atoms with E-state index >= 15 is 0 Å². The molecule has 0 aromatic heterocycles. The zero-order valence-electron chi connectivity index (χ0n) is 5.77. The minimum absolute atomic E-state index is 0.444. The van der Waals surface area contributed by atoms with E-state index < -0.39 is 0 Å². The highest BCUT2D eigenvalue weighted by molar-refractivity contribution is 5.04. The summed E-state index contributed by atoms with van der Waals surface area (Å²) in [6.45, 7) is 0.444. The van der Waals surface area contributed by atoms with Crippen LogP contribution in [0.5, 0.6) is 0 Å². The second-order valence-corrected chi connectivity index (χ2v) is 3.65. The molecule has 2 rings (SSSR count). The summed E-state index contributed by atoms with van der Waals surface area (Å²) in [5, 5.41) is 8.83. The Kier molecular flexibility index (Phi) is 1.10. The van der Waals surface area contributed by atoms with E-state index in [1.54, 1.807) is 0 Å². The molecule has 0 unspecified atom stereocenters. The highest BCUT2D eigenvalue weighted by Crippen LogP contribution is 2.62. The van der Waals surface area contributed by atoms with Crippen LogP contribution in [0.4, 0.5) is 0 Å². The molecule has 1 nitrogen and oxygen atoms in total. The maximum atomic E-state index is 8.83. The van der Waals surface area contributed by atoms with Gasteiger partial charge < -0.3 is 5.11 Å². The molecule has 0 saturated heterocycles. The van der Waals surface area contributed by atoms with Crippen molar-refractivity contribution in [2.24, 2.45) is 11.3 Å². The Labute approximate surface area is 56.1 Å². The Morgan fingerprint density at radius 2 is 2.00 bits per heavy atom. The van der Waals surface area contributed by atoms with Crippen molar-refractivity contribution in [3.63, 3.8) is 0 Å². The molecule has 0 amide bonds. The Morgan fingerprint density at radius 1 is 1.33 bits per heavy atom. The maximum Gasteiger partial charge on any atom is 0.0464 e. The van der Waals surface area contributed by atoms with E-state index in [1.807, 2.05) is 0 Å². The van der Waals surface area contributed by atoms with Gasteiger partial charge in [-0.15, -0.1) is 0 Å². The normalized spacial score (nSPS) is 37.7. The van der Waals surface area contributed by atoms with Crippen molar-refractivity contribution >= 4 is 0 Å². The van der Waals surface area contributed by atoms with Crippen molar-refractivity contribution in [1.82, 2.24) is 0 Å². The zero-order valence-corrected chi connectivity index (χ0v) is 5.77. The number of hydrogen-bond acceptors (Lipinski definition) is 1. The highest BCUT2D eigenvalue weighted by atomic mass is 16.3. The fourth-order valence-corrected chi connectivity index (χ4v) is 2.38. The van der Waals surface area contributed by atoms with Gasteiger partial charge in [0.1, 0.15) is 0 Å². The third-order valence-electron chi connectivity index (χ3n) is 3.18. The largest absolute Gasteiger partial charge is 0.396 e. The Balaban J connectivity index is 1.97. The van der Waals surface area contributed by atoms with Crippen LogP contribution >= 0.6 is 0 Å². The van der Waals surface area contributed by atoms with Crippen LogP contribution in [0.1, 0.15) is 32.1 Å². The zero-order chi connectivity index (χ0) is 6.32. The van der Waals surface area contributed by atoms with Gasteiger partial charge in [-0.3, -0.25) is 0 Å². The molecule has 2 aliphatic carbocycles. The van der Waals surface area contributed by atoms with Crippen LogP contribution < -0.4 is 0 Å². The standard InChI is InChI=1S/C8H14O/c9-6-7-5-8(7)3-1-2-4-8/h7,9H,1-6H2/t7-/m1/s1. The van der Waals surface area contributed by atoms with E-state index in [-0.39, 0.29) is 0 Å².